The van der Waals surface area contributed by atoms with Crippen molar-refractivity contribution in [2.45, 2.75) is 329 Å². The molecule has 0 aliphatic heterocycles. The van der Waals surface area contributed by atoms with Crippen molar-refractivity contribution < 1.29 is 80.2 Å². The molecule has 0 aromatic rings. The second-order valence-corrected chi connectivity index (χ2v) is 29.2. The van der Waals surface area contributed by atoms with Crippen LogP contribution in [-0.4, -0.2) is 96.7 Å². The van der Waals surface area contributed by atoms with Gasteiger partial charge in [0.2, 0.25) is 0 Å². The molecule has 0 spiro atoms. The number of phosphoric acid groups is 2. The first-order valence-electron chi connectivity index (χ1n) is 40.1. The van der Waals surface area contributed by atoms with Crippen LogP contribution >= 0.6 is 15.6 Å². The highest BCUT2D eigenvalue weighted by Crippen LogP contribution is 2.45. The van der Waals surface area contributed by atoms with Gasteiger partial charge in [-0.05, 0) is 161 Å². The first-order chi connectivity index (χ1) is 50.7. The Labute approximate surface area is 630 Å². The number of phosphoric ester groups is 2. The van der Waals surface area contributed by atoms with Crippen molar-refractivity contribution in [3.8, 4) is 0 Å². The molecule has 594 valence electrons. The van der Waals surface area contributed by atoms with Crippen molar-refractivity contribution in [1.82, 2.24) is 0 Å². The van der Waals surface area contributed by atoms with Crippen LogP contribution in [0.5, 0.6) is 0 Å². The number of carbonyl (C=O) groups excluding carboxylic acids is 4. The molecule has 17 nitrogen and oxygen atoms in total. The molecular weight excluding hydrogens is 1350 g/mol. The molecule has 3 N–H and O–H groups in total. The predicted octanol–water partition coefficient (Wildman–Crippen LogP) is 23.4. The Hall–Kier alpha value is -5.06. The lowest BCUT2D eigenvalue weighted by atomic mass is 10.1. The van der Waals surface area contributed by atoms with Gasteiger partial charge in [-0.2, -0.15) is 0 Å². The summed E-state index contributed by atoms with van der Waals surface area (Å²) in [5.74, 6) is -2.29. The number of unbranched alkanes of at least 4 members (excludes halogenated alkanes) is 24. The van der Waals surface area contributed by atoms with Crippen LogP contribution in [0.4, 0.5) is 0 Å². The van der Waals surface area contributed by atoms with Crippen LogP contribution in [-0.2, 0) is 65.4 Å². The van der Waals surface area contributed by atoms with Gasteiger partial charge < -0.3 is 33.8 Å². The van der Waals surface area contributed by atoms with E-state index in [4.69, 9.17) is 37.0 Å². The molecule has 0 saturated heterocycles. The number of esters is 4. The van der Waals surface area contributed by atoms with Gasteiger partial charge in [-0.25, -0.2) is 9.13 Å². The Balaban J connectivity index is 5.44. The fourth-order valence-electron chi connectivity index (χ4n) is 10.2. The van der Waals surface area contributed by atoms with Crippen molar-refractivity contribution in [3.05, 3.63) is 146 Å². The third kappa shape index (κ3) is 75.2. The average Bonchev–Trinajstić information content (AvgIpc) is 0.917. The summed E-state index contributed by atoms with van der Waals surface area (Å²) in [6, 6.07) is 0. The average molecular weight is 1500 g/mol. The molecule has 19 heteroatoms. The number of ether oxygens (including phenoxy) is 4. The second kappa shape index (κ2) is 76.1. The molecule has 0 aromatic heterocycles. The molecule has 104 heavy (non-hydrogen) atoms. The van der Waals surface area contributed by atoms with Gasteiger partial charge >= 0.3 is 39.5 Å². The number of rotatable bonds is 74. The number of carbonyl (C=O) groups is 4. The van der Waals surface area contributed by atoms with E-state index >= 15 is 0 Å². The Morgan fingerprint density at radius 2 is 0.529 bits per heavy atom. The molecule has 0 rings (SSSR count). The summed E-state index contributed by atoms with van der Waals surface area (Å²) in [4.78, 5) is 73.0. The zero-order valence-electron chi connectivity index (χ0n) is 64.9. The molecule has 5 unspecified atom stereocenters. The van der Waals surface area contributed by atoms with E-state index in [-0.39, 0.29) is 25.7 Å². The monoisotopic (exact) mass is 1500 g/mol. The fraction of sp³-hybridized carbons (Fsp3) is 0.671. The summed E-state index contributed by atoms with van der Waals surface area (Å²) in [5, 5.41) is 10.6. The van der Waals surface area contributed by atoms with E-state index in [1.54, 1.807) is 0 Å². The van der Waals surface area contributed by atoms with E-state index in [1.807, 2.05) is 12.2 Å². The summed E-state index contributed by atoms with van der Waals surface area (Å²) in [6.45, 7) is 4.53. The van der Waals surface area contributed by atoms with Gasteiger partial charge in [-0.15, -0.1) is 0 Å². The lowest BCUT2D eigenvalue weighted by molar-refractivity contribution is -0.161. The lowest BCUT2D eigenvalue weighted by Gasteiger charge is -2.21. The maximum Gasteiger partial charge on any atom is 0.472 e. The van der Waals surface area contributed by atoms with Crippen LogP contribution in [0.3, 0.4) is 0 Å². The van der Waals surface area contributed by atoms with Crippen LogP contribution < -0.4 is 0 Å². The van der Waals surface area contributed by atoms with E-state index in [9.17, 15) is 43.2 Å². The van der Waals surface area contributed by atoms with E-state index in [0.29, 0.717) is 32.1 Å². The molecule has 0 saturated carbocycles. The summed E-state index contributed by atoms with van der Waals surface area (Å²) in [6.07, 6.45) is 86.9. The Morgan fingerprint density at radius 1 is 0.279 bits per heavy atom. The minimum Gasteiger partial charge on any atom is -0.462 e. The van der Waals surface area contributed by atoms with Crippen LogP contribution in [0.15, 0.2) is 146 Å². The largest absolute Gasteiger partial charge is 0.472 e. The molecule has 0 bridgehead atoms. The van der Waals surface area contributed by atoms with Gasteiger partial charge in [-0.3, -0.25) is 37.3 Å². The smallest absolute Gasteiger partial charge is 0.462 e. The van der Waals surface area contributed by atoms with Gasteiger partial charge in [0.25, 0.3) is 0 Å². The summed E-state index contributed by atoms with van der Waals surface area (Å²) in [7, 11) is -9.99. The highest BCUT2D eigenvalue weighted by molar-refractivity contribution is 7.47. The number of hydrogen-bond donors (Lipinski definition) is 3. The fourth-order valence-corrected chi connectivity index (χ4v) is 11.7. The van der Waals surface area contributed by atoms with Gasteiger partial charge in [0.1, 0.15) is 19.3 Å². The zero-order valence-corrected chi connectivity index (χ0v) is 66.7. The van der Waals surface area contributed by atoms with Crippen LogP contribution in [0.25, 0.3) is 0 Å². The van der Waals surface area contributed by atoms with Crippen molar-refractivity contribution in [3.63, 3.8) is 0 Å². The number of allylic oxidation sites excluding steroid dienone is 24. The molecule has 0 aromatic carbocycles. The maximum atomic E-state index is 13.1. The Bertz CT molecular complexity index is 2540. The second-order valence-electron chi connectivity index (χ2n) is 26.3. The van der Waals surface area contributed by atoms with Crippen LogP contribution in [0.1, 0.15) is 310 Å². The number of aliphatic hydroxyl groups excluding tert-OH is 1. The Morgan fingerprint density at radius 3 is 0.846 bits per heavy atom. The van der Waals surface area contributed by atoms with Crippen molar-refractivity contribution in [2.75, 3.05) is 39.6 Å². The molecular formula is C85H142O17P2. The SMILES string of the molecule is CC/C=C\C/C=C\C/C=C\C/C=C\C/C=C\CCCC(=O)OC(COC(=O)CCCCCCCC/C=C\C/C=C\C/C=C\CCCCC)COP(=O)(O)OCC(O)COP(=O)(O)OCC(COC(=O)CCCCCCC/C=C\C/C=C\CCCCC)OC(=O)CCCCCCC/C=C\C/C=C\CCC. The zero-order chi connectivity index (χ0) is 76.0. The minimum atomic E-state index is -5.00. The van der Waals surface area contributed by atoms with Gasteiger partial charge in [0.15, 0.2) is 12.2 Å². The molecule has 0 fully saturated rings. The summed E-state index contributed by atoms with van der Waals surface area (Å²) in [5.41, 5.74) is 0. The van der Waals surface area contributed by atoms with Crippen LogP contribution in [0, 0.1) is 0 Å². The van der Waals surface area contributed by atoms with Crippen molar-refractivity contribution >= 4 is 39.5 Å². The maximum absolute atomic E-state index is 13.1. The van der Waals surface area contributed by atoms with E-state index in [2.05, 4.69) is 161 Å². The third-order valence-electron chi connectivity index (χ3n) is 16.2. The minimum absolute atomic E-state index is 0.00898. The molecule has 0 amide bonds. The highest BCUT2D eigenvalue weighted by Gasteiger charge is 2.30. The Kier molecular flexibility index (Phi) is 72.4. The van der Waals surface area contributed by atoms with Crippen molar-refractivity contribution in [2.24, 2.45) is 0 Å². The van der Waals surface area contributed by atoms with Crippen LogP contribution in [0.2, 0.25) is 0 Å². The summed E-state index contributed by atoms with van der Waals surface area (Å²) < 4.78 is 68.5. The molecule has 0 heterocycles. The lowest BCUT2D eigenvalue weighted by Crippen LogP contribution is -2.30. The predicted molar refractivity (Wildman–Crippen MR) is 427 cm³/mol. The molecule has 5 atom stereocenters. The summed E-state index contributed by atoms with van der Waals surface area (Å²) >= 11 is 0. The van der Waals surface area contributed by atoms with Gasteiger partial charge in [0.05, 0.1) is 26.4 Å². The number of aliphatic hydroxyl groups is 1. The van der Waals surface area contributed by atoms with Crippen molar-refractivity contribution in [1.29, 1.82) is 0 Å². The van der Waals surface area contributed by atoms with E-state index < -0.39 is 97.5 Å². The molecule has 0 radical (unpaired) electrons. The first-order valence-corrected chi connectivity index (χ1v) is 43.1. The normalized spacial score (nSPS) is 14.6. The molecule has 0 aliphatic carbocycles. The topological polar surface area (TPSA) is 237 Å². The van der Waals surface area contributed by atoms with Gasteiger partial charge in [0, 0.05) is 25.7 Å². The first kappa shape index (κ1) is 98.9. The van der Waals surface area contributed by atoms with Gasteiger partial charge in [-0.1, -0.05) is 270 Å². The highest BCUT2D eigenvalue weighted by atomic mass is 31.2. The quantitative estimate of drug-likeness (QED) is 0.0169. The standard InChI is InChI=1S/C85H142O17P2/c1-5-9-13-17-21-25-29-33-36-38-39-41-43-47-50-54-58-62-66-70-83(88)96-76-81(102-85(90)72-68-64-60-56-52-48-44-40-37-34-30-26-22-18-14-10-6-2)78-100-104(93,94)98-74-79(86)73-97-103(91,92)99-77-80(101-84(89)71-67-63-59-55-51-45-32-28-24-20-16-12-8-4)75-95-82(87)69-65-61-57-53-49-46-42-35-31-27-23-19-15-11-7-3/h10,14,16,20-23,25-28,32-37,39,41-42,44,48,56,60,79-81,86H,5-9,11-13,15,17-19,24,29-31,38,40,43,45-47,49-55,57-59,61-78H2,1-4H3,(H,91,92)(H,93,94)/b14-10-,20-16-,25-21-,26-22-,27-23-,32-28-,36-33-,37-34-,41-39-,42-35-,48-44-,60-56-. The number of hydrogen-bond acceptors (Lipinski definition) is 15. The molecule has 0 aliphatic rings. The van der Waals surface area contributed by atoms with E-state index in [1.165, 1.54) is 38.5 Å². The third-order valence-corrected chi connectivity index (χ3v) is 18.1. The van der Waals surface area contributed by atoms with E-state index in [0.717, 1.165) is 186 Å².